The van der Waals surface area contributed by atoms with Crippen LogP contribution in [0.4, 0.5) is 5.69 Å². The molecule has 0 heterocycles. The lowest BCUT2D eigenvalue weighted by atomic mass is 10.1. The first-order valence-corrected chi connectivity index (χ1v) is 6.78. The molecule has 0 spiro atoms. The van der Waals surface area contributed by atoms with Gasteiger partial charge in [0.25, 0.3) is 0 Å². The van der Waals surface area contributed by atoms with Gasteiger partial charge < -0.3 is 15.7 Å². The van der Waals surface area contributed by atoms with Crippen molar-refractivity contribution in [1.29, 1.82) is 0 Å². The monoisotopic (exact) mass is 298 g/mol. The number of hydrogen-bond acceptors (Lipinski definition) is 3. The minimum absolute atomic E-state index is 0.0605. The van der Waals surface area contributed by atoms with Gasteiger partial charge in [0.15, 0.2) is 0 Å². The predicted octanol–water partition coefficient (Wildman–Crippen LogP) is 1.72. The van der Waals surface area contributed by atoms with Crippen molar-refractivity contribution in [3.05, 3.63) is 28.8 Å². The van der Waals surface area contributed by atoms with E-state index in [1.807, 2.05) is 6.92 Å². The second-order valence-corrected chi connectivity index (χ2v) is 5.10. The number of anilines is 1. The standard InChI is InChI=1S/C14H19ClN2O3/c1-9(6-7-18)8-16-13(19)14(20)17-12-5-3-4-11(15)10(12)2/h3-5,9,18H,6-8H2,1-2H3,(H,16,19)(H,17,20). The molecule has 0 aliphatic rings. The maximum Gasteiger partial charge on any atom is 0.313 e. The Morgan fingerprint density at radius 1 is 1.35 bits per heavy atom. The summed E-state index contributed by atoms with van der Waals surface area (Å²) in [6.45, 7) is 4.06. The van der Waals surface area contributed by atoms with E-state index in [1.54, 1.807) is 25.1 Å². The van der Waals surface area contributed by atoms with E-state index < -0.39 is 11.8 Å². The van der Waals surface area contributed by atoms with Crippen molar-refractivity contribution in [1.82, 2.24) is 5.32 Å². The fourth-order valence-corrected chi connectivity index (χ4v) is 1.77. The van der Waals surface area contributed by atoms with E-state index in [4.69, 9.17) is 16.7 Å². The molecule has 1 aromatic rings. The van der Waals surface area contributed by atoms with Gasteiger partial charge in [-0.05, 0) is 37.0 Å². The van der Waals surface area contributed by atoms with Crippen LogP contribution in [0.3, 0.4) is 0 Å². The Bertz CT molecular complexity index is 491. The number of carbonyl (C=O) groups excluding carboxylic acids is 2. The van der Waals surface area contributed by atoms with Gasteiger partial charge in [-0.15, -0.1) is 0 Å². The highest BCUT2D eigenvalue weighted by Gasteiger charge is 2.15. The number of benzene rings is 1. The van der Waals surface area contributed by atoms with Crippen molar-refractivity contribution in [2.24, 2.45) is 5.92 Å². The molecule has 0 saturated carbocycles. The van der Waals surface area contributed by atoms with E-state index in [2.05, 4.69) is 10.6 Å². The molecule has 5 nitrogen and oxygen atoms in total. The number of amides is 2. The molecule has 1 rings (SSSR count). The summed E-state index contributed by atoms with van der Waals surface area (Å²) >= 11 is 5.94. The molecule has 0 saturated heterocycles. The minimum Gasteiger partial charge on any atom is -0.396 e. The van der Waals surface area contributed by atoms with E-state index in [-0.39, 0.29) is 12.5 Å². The number of nitrogens with one attached hydrogen (secondary N) is 2. The zero-order chi connectivity index (χ0) is 15.1. The first kappa shape index (κ1) is 16.5. The van der Waals surface area contributed by atoms with Crippen LogP contribution in [0.25, 0.3) is 0 Å². The van der Waals surface area contributed by atoms with Crippen LogP contribution in [0.2, 0.25) is 5.02 Å². The SMILES string of the molecule is Cc1c(Cl)cccc1NC(=O)C(=O)NCC(C)CCO. The second-order valence-electron chi connectivity index (χ2n) is 4.69. The van der Waals surface area contributed by atoms with Gasteiger partial charge in [-0.3, -0.25) is 9.59 Å². The molecule has 0 radical (unpaired) electrons. The van der Waals surface area contributed by atoms with E-state index >= 15 is 0 Å². The minimum atomic E-state index is -0.730. The van der Waals surface area contributed by atoms with Crippen LogP contribution in [0.15, 0.2) is 18.2 Å². The lowest BCUT2D eigenvalue weighted by Crippen LogP contribution is -2.37. The van der Waals surface area contributed by atoms with Gasteiger partial charge in [-0.1, -0.05) is 24.6 Å². The van der Waals surface area contributed by atoms with Crippen LogP contribution >= 0.6 is 11.6 Å². The fourth-order valence-electron chi connectivity index (χ4n) is 1.59. The molecular weight excluding hydrogens is 280 g/mol. The Morgan fingerprint density at radius 2 is 2.05 bits per heavy atom. The van der Waals surface area contributed by atoms with Crippen molar-refractivity contribution in [2.45, 2.75) is 20.3 Å². The molecule has 110 valence electrons. The quantitative estimate of drug-likeness (QED) is 0.724. The molecule has 3 N–H and O–H groups in total. The normalized spacial score (nSPS) is 11.8. The summed E-state index contributed by atoms with van der Waals surface area (Å²) in [7, 11) is 0. The van der Waals surface area contributed by atoms with Crippen LogP contribution in [0.5, 0.6) is 0 Å². The first-order chi connectivity index (χ1) is 9.45. The van der Waals surface area contributed by atoms with Gasteiger partial charge in [0.05, 0.1) is 0 Å². The third-order valence-corrected chi connectivity index (χ3v) is 3.36. The Hall–Kier alpha value is -1.59. The highest BCUT2D eigenvalue weighted by molar-refractivity contribution is 6.40. The molecule has 6 heteroatoms. The smallest absolute Gasteiger partial charge is 0.313 e. The maximum absolute atomic E-state index is 11.7. The molecule has 0 aromatic heterocycles. The number of aliphatic hydroxyl groups excluding tert-OH is 1. The largest absolute Gasteiger partial charge is 0.396 e. The van der Waals surface area contributed by atoms with Gasteiger partial charge in [-0.25, -0.2) is 0 Å². The number of aliphatic hydroxyl groups is 1. The van der Waals surface area contributed by atoms with E-state index in [0.29, 0.717) is 29.2 Å². The highest BCUT2D eigenvalue weighted by Crippen LogP contribution is 2.22. The Labute approximate surface area is 123 Å². The number of rotatable bonds is 5. The predicted molar refractivity (Wildman–Crippen MR) is 78.7 cm³/mol. The molecule has 0 bridgehead atoms. The van der Waals surface area contributed by atoms with Crippen LogP contribution in [-0.2, 0) is 9.59 Å². The lowest BCUT2D eigenvalue weighted by Gasteiger charge is -2.12. The molecule has 2 amide bonds. The average molecular weight is 299 g/mol. The Balaban J connectivity index is 2.54. The Kier molecular flexibility index (Phi) is 6.48. The van der Waals surface area contributed by atoms with Crippen LogP contribution < -0.4 is 10.6 Å². The number of hydrogen-bond donors (Lipinski definition) is 3. The zero-order valence-electron chi connectivity index (χ0n) is 11.6. The summed E-state index contributed by atoms with van der Waals surface area (Å²) in [5.41, 5.74) is 1.23. The summed E-state index contributed by atoms with van der Waals surface area (Å²) in [6.07, 6.45) is 0.579. The molecule has 0 aliphatic carbocycles. The molecule has 0 fully saturated rings. The maximum atomic E-state index is 11.7. The fraction of sp³-hybridized carbons (Fsp3) is 0.429. The molecular formula is C14H19ClN2O3. The third-order valence-electron chi connectivity index (χ3n) is 2.96. The zero-order valence-corrected chi connectivity index (χ0v) is 12.3. The average Bonchev–Trinajstić information content (AvgIpc) is 2.41. The molecule has 1 unspecified atom stereocenters. The molecule has 1 aromatic carbocycles. The summed E-state index contributed by atoms with van der Waals surface area (Å²) in [6, 6.07) is 5.09. The summed E-state index contributed by atoms with van der Waals surface area (Å²) in [5.74, 6) is -1.31. The lowest BCUT2D eigenvalue weighted by molar-refractivity contribution is -0.136. The van der Waals surface area contributed by atoms with E-state index in [1.165, 1.54) is 0 Å². The first-order valence-electron chi connectivity index (χ1n) is 6.40. The van der Waals surface area contributed by atoms with Crippen molar-refractivity contribution in [3.8, 4) is 0 Å². The van der Waals surface area contributed by atoms with Gasteiger partial charge in [-0.2, -0.15) is 0 Å². The summed E-state index contributed by atoms with van der Waals surface area (Å²) < 4.78 is 0. The number of carbonyl (C=O) groups is 2. The van der Waals surface area contributed by atoms with Gasteiger partial charge >= 0.3 is 11.8 Å². The van der Waals surface area contributed by atoms with Crippen LogP contribution in [0, 0.1) is 12.8 Å². The third kappa shape index (κ3) is 4.83. The van der Waals surface area contributed by atoms with E-state index in [9.17, 15) is 9.59 Å². The van der Waals surface area contributed by atoms with Crippen molar-refractivity contribution in [2.75, 3.05) is 18.5 Å². The van der Waals surface area contributed by atoms with Crippen LogP contribution in [-0.4, -0.2) is 30.1 Å². The van der Waals surface area contributed by atoms with Crippen LogP contribution in [0.1, 0.15) is 18.9 Å². The van der Waals surface area contributed by atoms with Crippen molar-refractivity contribution >= 4 is 29.1 Å². The highest BCUT2D eigenvalue weighted by atomic mass is 35.5. The molecule has 0 aliphatic heterocycles. The summed E-state index contributed by atoms with van der Waals surface area (Å²) in [5, 5.41) is 14.3. The Morgan fingerprint density at radius 3 is 2.70 bits per heavy atom. The van der Waals surface area contributed by atoms with Gasteiger partial charge in [0.2, 0.25) is 0 Å². The van der Waals surface area contributed by atoms with Gasteiger partial charge in [0.1, 0.15) is 0 Å². The molecule has 1 atom stereocenters. The van der Waals surface area contributed by atoms with Crippen molar-refractivity contribution < 1.29 is 14.7 Å². The van der Waals surface area contributed by atoms with E-state index in [0.717, 1.165) is 0 Å². The summed E-state index contributed by atoms with van der Waals surface area (Å²) in [4.78, 5) is 23.4. The van der Waals surface area contributed by atoms with Gasteiger partial charge in [0, 0.05) is 23.9 Å². The van der Waals surface area contributed by atoms with Crippen molar-refractivity contribution in [3.63, 3.8) is 0 Å². The molecule has 20 heavy (non-hydrogen) atoms. The topological polar surface area (TPSA) is 78.4 Å². The second kappa shape index (κ2) is 7.87. The number of halogens is 1.